The monoisotopic (exact) mass is 374 g/mol. The molecule has 1 saturated carbocycles. The van der Waals surface area contributed by atoms with Crippen LogP contribution in [-0.4, -0.2) is 26.2 Å². The second kappa shape index (κ2) is 7.47. The maximum Gasteiger partial charge on any atom is 0.310 e. The van der Waals surface area contributed by atoms with E-state index < -0.39 is 11.8 Å². The quantitative estimate of drug-likeness (QED) is 0.602. The van der Waals surface area contributed by atoms with Gasteiger partial charge in [-0.2, -0.15) is 0 Å². The summed E-state index contributed by atoms with van der Waals surface area (Å²) in [4.78, 5) is 25.2. The summed E-state index contributed by atoms with van der Waals surface area (Å²) < 4.78 is 10.1. The summed E-state index contributed by atoms with van der Waals surface area (Å²) in [7, 11) is 2.73. The van der Waals surface area contributed by atoms with Gasteiger partial charge in [-0.05, 0) is 22.3 Å². The normalized spacial score (nSPS) is 24.9. The highest BCUT2D eigenvalue weighted by Gasteiger charge is 2.56. The lowest BCUT2D eigenvalue weighted by Crippen LogP contribution is -2.34. The van der Waals surface area contributed by atoms with Crippen LogP contribution in [-0.2, 0) is 19.1 Å². The molecule has 28 heavy (non-hydrogen) atoms. The predicted octanol–water partition coefficient (Wildman–Crippen LogP) is 3.88. The lowest BCUT2D eigenvalue weighted by atomic mass is 9.83. The third kappa shape index (κ3) is 2.85. The van der Waals surface area contributed by atoms with Gasteiger partial charge in [0.2, 0.25) is 0 Å². The maximum absolute atomic E-state index is 12.6. The number of carbonyl (C=O) groups is 2. The SMILES string of the molecule is COC(=O)[C@@H]1[C@@H](C(=O)OC)[C@H]2C=C[C@@H]1C2=C(c1ccccc1)c1ccccc1. The van der Waals surface area contributed by atoms with Crippen LogP contribution in [0.3, 0.4) is 0 Å². The molecule has 4 atom stereocenters. The van der Waals surface area contributed by atoms with E-state index in [1.54, 1.807) is 0 Å². The summed E-state index contributed by atoms with van der Waals surface area (Å²) >= 11 is 0. The number of hydrogen-bond donors (Lipinski definition) is 0. The number of fused-ring (bicyclic) bond motifs is 2. The Labute approximate surface area is 164 Å². The van der Waals surface area contributed by atoms with E-state index in [1.807, 2.05) is 48.6 Å². The first-order valence-corrected chi connectivity index (χ1v) is 9.36. The van der Waals surface area contributed by atoms with Gasteiger partial charge in [0.25, 0.3) is 0 Å². The van der Waals surface area contributed by atoms with Crippen LogP contribution in [0, 0.1) is 23.7 Å². The number of hydrogen-bond acceptors (Lipinski definition) is 4. The summed E-state index contributed by atoms with van der Waals surface area (Å²) in [5, 5.41) is 0. The Morgan fingerprint density at radius 2 is 1.07 bits per heavy atom. The summed E-state index contributed by atoms with van der Waals surface area (Å²) in [6, 6.07) is 20.2. The van der Waals surface area contributed by atoms with E-state index in [2.05, 4.69) is 24.3 Å². The molecule has 2 aromatic carbocycles. The van der Waals surface area contributed by atoms with Crippen LogP contribution in [0.5, 0.6) is 0 Å². The Hall–Kier alpha value is -3.14. The lowest BCUT2D eigenvalue weighted by molar-refractivity contribution is -0.158. The molecule has 2 aliphatic rings. The standard InChI is InChI=1S/C24H22O4/c1-27-23(25)21-17-13-14-18(22(21)24(26)28-2)20(17)19(15-9-5-3-6-10-15)16-11-7-4-8-12-16/h3-14,17-18,21-22H,1-2H3/t17-,18+,21-,22-/m0/s1. The molecule has 2 bridgehead atoms. The number of methoxy groups -OCH3 is 2. The number of carbonyl (C=O) groups excluding carboxylic acids is 2. The van der Waals surface area contributed by atoms with E-state index in [4.69, 9.17) is 9.47 Å². The average Bonchev–Trinajstić information content (AvgIpc) is 3.30. The van der Waals surface area contributed by atoms with Gasteiger partial charge in [0, 0.05) is 11.8 Å². The largest absolute Gasteiger partial charge is 0.469 e. The molecule has 0 heterocycles. The van der Waals surface area contributed by atoms with Crippen molar-refractivity contribution in [3.8, 4) is 0 Å². The van der Waals surface area contributed by atoms with Crippen LogP contribution in [0.25, 0.3) is 5.57 Å². The van der Waals surface area contributed by atoms with Crippen molar-refractivity contribution in [3.63, 3.8) is 0 Å². The van der Waals surface area contributed by atoms with Gasteiger partial charge < -0.3 is 9.47 Å². The van der Waals surface area contributed by atoms with Crippen LogP contribution in [0.15, 0.2) is 78.4 Å². The Morgan fingerprint density at radius 3 is 1.43 bits per heavy atom. The molecular weight excluding hydrogens is 352 g/mol. The summed E-state index contributed by atoms with van der Waals surface area (Å²) in [6.07, 6.45) is 4.07. The second-order valence-corrected chi connectivity index (χ2v) is 7.10. The minimum absolute atomic E-state index is 0.183. The van der Waals surface area contributed by atoms with Gasteiger partial charge in [-0.15, -0.1) is 0 Å². The molecule has 0 unspecified atom stereocenters. The Bertz CT molecular complexity index is 868. The molecule has 0 radical (unpaired) electrons. The van der Waals surface area contributed by atoms with Gasteiger partial charge in [0.1, 0.15) is 0 Å². The van der Waals surface area contributed by atoms with E-state index >= 15 is 0 Å². The first kappa shape index (κ1) is 18.2. The summed E-state index contributed by atoms with van der Waals surface area (Å²) in [6.45, 7) is 0. The van der Waals surface area contributed by atoms with Crippen molar-refractivity contribution in [1.82, 2.24) is 0 Å². The maximum atomic E-state index is 12.6. The molecule has 0 N–H and O–H groups in total. The van der Waals surface area contributed by atoms with E-state index in [-0.39, 0.29) is 23.8 Å². The van der Waals surface area contributed by atoms with Crippen LogP contribution < -0.4 is 0 Å². The molecule has 142 valence electrons. The number of benzene rings is 2. The fourth-order valence-corrected chi connectivity index (χ4v) is 4.64. The second-order valence-electron chi connectivity index (χ2n) is 7.10. The molecule has 0 amide bonds. The highest BCUT2D eigenvalue weighted by Crippen LogP contribution is 2.55. The Kier molecular flexibility index (Phi) is 4.86. The van der Waals surface area contributed by atoms with Gasteiger partial charge in [0.15, 0.2) is 0 Å². The highest BCUT2D eigenvalue weighted by molar-refractivity contribution is 5.91. The van der Waals surface area contributed by atoms with Crippen LogP contribution in [0.1, 0.15) is 11.1 Å². The van der Waals surface area contributed by atoms with Crippen LogP contribution in [0.2, 0.25) is 0 Å². The van der Waals surface area contributed by atoms with E-state index in [9.17, 15) is 9.59 Å². The fraction of sp³-hybridized carbons (Fsp3) is 0.250. The minimum atomic E-state index is -0.565. The molecule has 2 aliphatic carbocycles. The summed E-state index contributed by atoms with van der Waals surface area (Å²) in [5.74, 6) is -2.24. The number of allylic oxidation sites excluding steroid dienone is 3. The summed E-state index contributed by atoms with van der Waals surface area (Å²) in [5.41, 5.74) is 4.29. The smallest absolute Gasteiger partial charge is 0.310 e. The van der Waals surface area contributed by atoms with Gasteiger partial charge in [0.05, 0.1) is 26.1 Å². The van der Waals surface area contributed by atoms with Crippen molar-refractivity contribution >= 4 is 17.5 Å². The zero-order chi connectivity index (χ0) is 19.7. The van der Waals surface area contributed by atoms with Crippen molar-refractivity contribution in [2.75, 3.05) is 14.2 Å². The minimum Gasteiger partial charge on any atom is -0.469 e. The molecule has 4 rings (SSSR count). The molecule has 0 aliphatic heterocycles. The van der Waals surface area contributed by atoms with Gasteiger partial charge in [-0.1, -0.05) is 72.8 Å². The fourth-order valence-electron chi connectivity index (χ4n) is 4.64. The van der Waals surface area contributed by atoms with Crippen molar-refractivity contribution in [2.24, 2.45) is 23.7 Å². The third-order valence-electron chi connectivity index (χ3n) is 5.77. The van der Waals surface area contributed by atoms with Gasteiger partial charge in [-0.3, -0.25) is 9.59 Å². The van der Waals surface area contributed by atoms with Gasteiger partial charge in [-0.25, -0.2) is 0 Å². The van der Waals surface area contributed by atoms with E-state index in [1.165, 1.54) is 14.2 Å². The Balaban J connectivity index is 1.95. The number of rotatable bonds is 4. The van der Waals surface area contributed by atoms with Crippen molar-refractivity contribution < 1.29 is 19.1 Å². The average molecular weight is 374 g/mol. The van der Waals surface area contributed by atoms with Crippen LogP contribution >= 0.6 is 0 Å². The molecule has 0 saturated heterocycles. The topological polar surface area (TPSA) is 52.6 Å². The van der Waals surface area contributed by atoms with Crippen molar-refractivity contribution in [1.29, 1.82) is 0 Å². The van der Waals surface area contributed by atoms with E-state index in [0.717, 1.165) is 22.3 Å². The first-order chi connectivity index (χ1) is 13.7. The molecule has 0 spiro atoms. The lowest BCUT2D eigenvalue weighted by Gasteiger charge is -2.22. The number of esters is 2. The van der Waals surface area contributed by atoms with Crippen molar-refractivity contribution in [2.45, 2.75) is 0 Å². The molecule has 4 heteroatoms. The van der Waals surface area contributed by atoms with Gasteiger partial charge >= 0.3 is 11.9 Å². The zero-order valence-electron chi connectivity index (χ0n) is 15.9. The molecular formula is C24H22O4. The highest BCUT2D eigenvalue weighted by atomic mass is 16.5. The van der Waals surface area contributed by atoms with Crippen LogP contribution in [0.4, 0.5) is 0 Å². The zero-order valence-corrected chi connectivity index (χ0v) is 15.9. The molecule has 0 aromatic heterocycles. The third-order valence-corrected chi connectivity index (χ3v) is 5.77. The number of ether oxygens (including phenoxy) is 2. The molecule has 2 aromatic rings. The van der Waals surface area contributed by atoms with E-state index in [0.29, 0.717) is 0 Å². The predicted molar refractivity (Wildman–Crippen MR) is 106 cm³/mol. The van der Waals surface area contributed by atoms with Crippen molar-refractivity contribution in [3.05, 3.63) is 89.5 Å². The molecule has 4 nitrogen and oxygen atoms in total. The molecule has 1 fully saturated rings. The Morgan fingerprint density at radius 1 is 0.679 bits per heavy atom. The first-order valence-electron chi connectivity index (χ1n) is 9.36.